The molecule has 30 heavy (non-hydrogen) atoms. The maximum Gasteiger partial charge on any atom is 0.406 e. The van der Waals surface area contributed by atoms with Crippen LogP contribution in [-0.2, 0) is 23.2 Å². The summed E-state index contributed by atoms with van der Waals surface area (Å²) in [6, 6.07) is -0.511. The fraction of sp³-hybridized carbons (Fsp3) is 0.562. The number of hydrogen-bond acceptors (Lipinski definition) is 5. The fourth-order valence-electron chi connectivity index (χ4n) is 3.42. The van der Waals surface area contributed by atoms with Crippen LogP contribution in [-0.4, -0.2) is 68.7 Å². The zero-order chi connectivity index (χ0) is 22.4. The molecule has 0 spiro atoms. The molecule has 4 radical (unpaired) electrons. The lowest BCUT2D eigenvalue weighted by molar-refractivity contribution is -0.141. The number of carbonyl (C=O) groups excluding carboxylic acids is 1. The average molecular weight is 440 g/mol. The van der Waals surface area contributed by atoms with Crippen molar-refractivity contribution in [3.8, 4) is 0 Å². The third kappa shape index (κ3) is 3.78. The van der Waals surface area contributed by atoms with E-state index in [0.717, 1.165) is 20.8 Å². The number of thiophene rings is 1. The number of aromatic nitrogens is 2. The van der Waals surface area contributed by atoms with Crippen LogP contribution in [0.5, 0.6) is 0 Å². The molecule has 0 saturated carbocycles. The molecule has 2 aromatic rings. The van der Waals surface area contributed by atoms with Crippen molar-refractivity contribution in [3.05, 3.63) is 31.3 Å². The Hall–Kier alpha value is -2.21. The van der Waals surface area contributed by atoms with Gasteiger partial charge in [0.05, 0.1) is 34.2 Å². The van der Waals surface area contributed by atoms with E-state index in [2.05, 4.69) is 5.32 Å². The SMILES string of the molecule is [B]C([B])(c1sc2c(c1C)c(=O)n(CC(F)(F)F)c(=O)n2CCOC)N1CCNC1=O. The summed E-state index contributed by atoms with van der Waals surface area (Å²) < 4.78 is 45.1. The van der Waals surface area contributed by atoms with E-state index >= 15 is 0 Å². The summed E-state index contributed by atoms with van der Waals surface area (Å²) in [4.78, 5) is 39.1. The highest BCUT2D eigenvalue weighted by molar-refractivity contribution is 7.19. The summed E-state index contributed by atoms with van der Waals surface area (Å²) in [5.74, 6) is 0. The van der Waals surface area contributed by atoms with Crippen LogP contribution in [0, 0.1) is 6.92 Å². The van der Waals surface area contributed by atoms with Crippen LogP contribution in [0.1, 0.15) is 10.4 Å². The second-order valence-electron chi connectivity index (χ2n) is 6.88. The highest BCUT2D eigenvalue weighted by Gasteiger charge is 2.38. The zero-order valence-electron chi connectivity index (χ0n) is 16.2. The summed E-state index contributed by atoms with van der Waals surface area (Å²) in [5.41, 5.74) is -2.00. The molecule has 3 heterocycles. The lowest BCUT2D eigenvalue weighted by Gasteiger charge is -2.35. The molecule has 14 heteroatoms. The van der Waals surface area contributed by atoms with Crippen molar-refractivity contribution in [2.75, 3.05) is 26.8 Å². The van der Waals surface area contributed by atoms with Gasteiger partial charge < -0.3 is 15.0 Å². The van der Waals surface area contributed by atoms with E-state index in [1.807, 2.05) is 0 Å². The number of methoxy groups -OCH3 is 1. The quantitative estimate of drug-likeness (QED) is 0.652. The topological polar surface area (TPSA) is 85.6 Å². The summed E-state index contributed by atoms with van der Waals surface area (Å²) in [5, 5.41) is 0.639. The Morgan fingerprint density at radius 2 is 1.87 bits per heavy atom. The molecule has 2 aromatic heterocycles. The first-order chi connectivity index (χ1) is 13.9. The number of fused-ring (bicyclic) bond motifs is 1. The second kappa shape index (κ2) is 7.80. The van der Waals surface area contributed by atoms with Crippen molar-refractivity contribution in [1.82, 2.24) is 19.4 Å². The molecule has 0 unspecified atom stereocenters. The van der Waals surface area contributed by atoms with Crippen molar-refractivity contribution in [3.63, 3.8) is 0 Å². The highest BCUT2D eigenvalue weighted by Crippen LogP contribution is 2.36. The number of amides is 2. The predicted octanol–water partition coefficient (Wildman–Crippen LogP) is 0.214. The minimum Gasteiger partial charge on any atom is -0.383 e. The van der Waals surface area contributed by atoms with Gasteiger partial charge in [0.25, 0.3) is 5.56 Å². The molecule has 0 aromatic carbocycles. The van der Waals surface area contributed by atoms with E-state index in [4.69, 9.17) is 20.4 Å². The lowest BCUT2D eigenvalue weighted by Crippen LogP contribution is -2.48. The van der Waals surface area contributed by atoms with Gasteiger partial charge in [0.2, 0.25) is 0 Å². The van der Waals surface area contributed by atoms with Gasteiger partial charge in [-0.25, -0.2) is 9.59 Å². The summed E-state index contributed by atoms with van der Waals surface area (Å²) in [7, 11) is 13.8. The van der Waals surface area contributed by atoms with Crippen molar-refractivity contribution in [2.45, 2.75) is 31.5 Å². The number of halogens is 3. The van der Waals surface area contributed by atoms with Crippen LogP contribution >= 0.6 is 11.3 Å². The van der Waals surface area contributed by atoms with Gasteiger partial charge in [-0.1, -0.05) is 0 Å². The Labute approximate surface area is 175 Å². The number of carbonyl (C=O) groups is 1. The van der Waals surface area contributed by atoms with E-state index in [0.29, 0.717) is 6.54 Å². The molecule has 1 aliphatic heterocycles. The smallest absolute Gasteiger partial charge is 0.383 e. The summed E-state index contributed by atoms with van der Waals surface area (Å²) in [6.07, 6.45) is -4.78. The first kappa shape index (κ1) is 22.5. The van der Waals surface area contributed by atoms with Gasteiger partial charge in [-0.3, -0.25) is 13.9 Å². The van der Waals surface area contributed by atoms with Gasteiger partial charge in [0.1, 0.15) is 11.4 Å². The molecular formula is C16H17B2F3N4O4S. The summed E-state index contributed by atoms with van der Waals surface area (Å²) >= 11 is 0.893. The Morgan fingerprint density at radius 3 is 2.40 bits per heavy atom. The van der Waals surface area contributed by atoms with E-state index in [-0.39, 0.29) is 44.9 Å². The third-order valence-electron chi connectivity index (χ3n) is 4.82. The standard InChI is InChI=1S/C16H17B2F3N4O4S/c1-8-9-11(26)24(7-15(19,20)21)14(28)23(5-6-29-2)12(9)30-10(8)16(17,18)25-4-3-22-13(25)27/h3-7H2,1-2H3,(H,22,27). The molecule has 0 bridgehead atoms. The number of hydrogen-bond donors (Lipinski definition) is 1. The molecule has 0 aliphatic carbocycles. The van der Waals surface area contributed by atoms with Crippen LogP contribution < -0.4 is 16.6 Å². The normalized spacial score (nSPS) is 15.2. The van der Waals surface area contributed by atoms with E-state index in [1.165, 1.54) is 14.0 Å². The average Bonchev–Trinajstić information content (AvgIpc) is 3.22. The maximum atomic E-state index is 13.0. The van der Waals surface area contributed by atoms with Gasteiger partial charge >= 0.3 is 17.9 Å². The minimum absolute atomic E-state index is 0.0242. The second-order valence-corrected chi connectivity index (χ2v) is 7.88. The van der Waals surface area contributed by atoms with Gasteiger partial charge in [-0.15, -0.1) is 11.3 Å². The van der Waals surface area contributed by atoms with E-state index in [1.54, 1.807) is 0 Å². The largest absolute Gasteiger partial charge is 0.406 e. The van der Waals surface area contributed by atoms with Crippen LogP contribution in [0.3, 0.4) is 0 Å². The summed E-state index contributed by atoms with van der Waals surface area (Å²) in [6.45, 7) is 0.195. The Bertz CT molecular complexity index is 1110. The monoisotopic (exact) mass is 440 g/mol. The van der Waals surface area contributed by atoms with Crippen LogP contribution in [0.2, 0.25) is 0 Å². The molecule has 1 N–H and O–H groups in total. The maximum absolute atomic E-state index is 13.0. The lowest BCUT2D eigenvalue weighted by atomic mass is 9.59. The molecule has 8 nitrogen and oxygen atoms in total. The predicted molar refractivity (Wildman–Crippen MR) is 106 cm³/mol. The van der Waals surface area contributed by atoms with Crippen molar-refractivity contribution >= 4 is 43.3 Å². The minimum atomic E-state index is -4.78. The molecular weight excluding hydrogens is 423 g/mol. The van der Waals surface area contributed by atoms with Crippen molar-refractivity contribution in [2.24, 2.45) is 0 Å². The highest BCUT2D eigenvalue weighted by atomic mass is 32.1. The Morgan fingerprint density at radius 1 is 1.20 bits per heavy atom. The van der Waals surface area contributed by atoms with Gasteiger partial charge in [-0.2, -0.15) is 13.2 Å². The number of nitrogens with one attached hydrogen (secondary N) is 1. The molecule has 1 saturated heterocycles. The van der Waals surface area contributed by atoms with E-state index in [9.17, 15) is 27.6 Å². The fourth-order valence-corrected chi connectivity index (χ4v) is 4.77. The Balaban J connectivity index is 2.31. The third-order valence-corrected chi connectivity index (χ3v) is 6.27. The van der Waals surface area contributed by atoms with Crippen LogP contribution in [0.15, 0.2) is 9.59 Å². The molecule has 1 aliphatic rings. The van der Waals surface area contributed by atoms with Gasteiger partial charge in [0, 0.05) is 30.4 Å². The molecule has 158 valence electrons. The molecule has 2 amide bonds. The number of alkyl halides is 3. The molecule has 0 atom stereocenters. The molecule has 3 rings (SSSR count). The van der Waals surface area contributed by atoms with Gasteiger partial charge in [-0.05, 0) is 12.5 Å². The zero-order valence-corrected chi connectivity index (χ0v) is 17.0. The van der Waals surface area contributed by atoms with E-state index < -0.39 is 35.3 Å². The first-order valence-electron chi connectivity index (χ1n) is 8.86. The van der Waals surface area contributed by atoms with Crippen LogP contribution in [0.4, 0.5) is 18.0 Å². The Kier molecular flexibility index (Phi) is 5.84. The number of nitrogens with zero attached hydrogens (tertiary/aromatic N) is 3. The van der Waals surface area contributed by atoms with Crippen LogP contribution in [0.25, 0.3) is 10.2 Å². The van der Waals surface area contributed by atoms with Crippen molar-refractivity contribution < 1.29 is 22.7 Å². The number of aryl methyl sites for hydroxylation is 1. The first-order valence-corrected chi connectivity index (χ1v) is 9.68. The van der Waals surface area contributed by atoms with Gasteiger partial charge in [0.15, 0.2) is 0 Å². The number of ether oxygens (including phenoxy) is 1. The molecule has 1 fully saturated rings. The number of urea groups is 1. The number of rotatable bonds is 6. The van der Waals surface area contributed by atoms with Crippen molar-refractivity contribution in [1.29, 1.82) is 0 Å².